The summed E-state index contributed by atoms with van der Waals surface area (Å²) in [7, 11) is 0. The smallest absolute Gasteiger partial charge is 0.338 e. The molecule has 6 nitrogen and oxygen atoms in total. The van der Waals surface area contributed by atoms with Crippen LogP contribution in [-0.2, 0) is 4.74 Å². The van der Waals surface area contributed by atoms with Crippen LogP contribution < -0.4 is 0 Å². The molecule has 0 unspecified atom stereocenters. The molecule has 0 radical (unpaired) electrons. The summed E-state index contributed by atoms with van der Waals surface area (Å²) in [5.41, 5.74) is 1.37. The number of hydrogen-bond donors (Lipinski definition) is 3. The van der Waals surface area contributed by atoms with Gasteiger partial charge in [-0.2, -0.15) is 0 Å². The van der Waals surface area contributed by atoms with Crippen molar-refractivity contribution in [1.29, 1.82) is 0 Å². The van der Waals surface area contributed by atoms with Crippen molar-refractivity contribution in [3.8, 4) is 11.5 Å². The van der Waals surface area contributed by atoms with Gasteiger partial charge in [0.25, 0.3) is 0 Å². The predicted molar refractivity (Wildman–Crippen MR) is 97.8 cm³/mol. The van der Waals surface area contributed by atoms with Crippen LogP contribution in [0.4, 0.5) is 0 Å². The summed E-state index contributed by atoms with van der Waals surface area (Å²) in [6, 6.07) is 10.3. The first-order valence-corrected chi connectivity index (χ1v) is 8.18. The lowest BCUT2D eigenvalue weighted by molar-refractivity contribution is 0.0377. The molecule has 0 amide bonds. The van der Waals surface area contributed by atoms with E-state index in [1.807, 2.05) is 13.8 Å². The summed E-state index contributed by atoms with van der Waals surface area (Å²) in [5.74, 6) is -0.980. The SMILES string of the molecule is CC(C)OC(=O)c1ccc(O)cc1.CC(C)c1cc(O)ccc1C(=O)O. The van der Waals surface area contributed by atoms with Crippen LogP contribution in [-0.4, -0.2) is 33.4 Å². The van der Waals surface area contributed by atoms with Crippen LogP contribution in [0.3, 0.4) is 0 Å². The Morgan fingerprint density at radius 2 is 1.42 bits per heavy atom. The van der Waals surface area contributed by atoms with Gasteiger partial charge in [0, 0.05) is 0 Å². The molecule has 0 fully saturated rings. The second-order valence-corrected chi connectivity index (χ2v) is 6.23. The molecule has 2 rings (SSSR count). The maximum absolute atomic E-state index is 11.3. The molecule has 0 aromatic heterocycles. The Kier molecular flexibility index (Phi) is 7.65. The first kappa shape index (κ1) is 21.0. The van der Waals surface area contributed by atoms with E-state index < -0.39 is 5.97 Å². The van der Waals surface area contributed by atoms with Crippen LogP contribution in [0, 0.1) is 0 Å². The number of carbonyl (C=O) groups is 2. The van der Waals surface area contributed by atoms with E-state index in [4.69, 9.17) is 14.9 Å². The minimum atomic E-state index is -0.955. The van der Waals surface area contributed by atoms with Crippen molar-refractivity contribution in [2.75, 3.05) is 0 Å². The Bertz CT molecular complexity index is 747. The summed E-state index contributed by atoms with van der Waals surface area (Å²) in [6.45, 7) is 7.36. The van der Waals surface area contributed by atoms with Crippen LogP contribution >= 0.6 is 0 Å². The number of carbonyl (C=O) groups excluding carboxylic acids is 1. The maximum atomic E-state index is 11.3. The number of ether oxygens (including phenoxy) is 1. The number of rotatable bonds is 4. The van der Waals surface area contributed by atoms with Crippen molar-refractivity contribution in [1.82, 2.24) is 0 Å². The highest BCUT2D eigenvalue weighted by Gasteiger charge is 2.12. The zero-order chi connectivity index (χ0) is 19.9. The minimum Gasteiger partial charge on any atom is -0.508 e. The first-order chi connectivity index (χ1) is 12.1. The Balaban J connectivity index is 0.000000260. The van der Waals surface area contributed by atoms with Crippen molar-refractivity contribution in [3.05, 3.63) is 59.2 Å². The van der Waals surface area contributed by atoms with Crippen molar-refractivity contribution < 1.29 is 29.6 Å². The van der Waals surface area contributed by atoms with E-state index in [0.717, 1.165) is 0 Å². The molecule has 0 aliphatic heterocycles. The largest absolute Gasteiger partial charge is 0.508 e. The van der Waals surface area contributed by atoms with E-state index in [9.17, 15) is 14.7 Å². The van der Waals surface area contributed by atoms with Crippen LogP contribution in [0.15, 0.2) is 42.5 Å². The Morgan fingerprint density at radius 3 is 1.88 bits per heavy atom. The lowest BCUT2D eigenvalue weighted by Gasteiger charge is -2.09. The highest BCUT2D eigenvalue weighted by Crippen LogP contribution is 2.23. The molecule has 2 aromatic carbocycles. The van der Waals surface area contributed by atoms with Crippen molar-refractivity contribution in [2.45, 2.75) is 39.7 Å². The van der Waals surface area contributed by atoms with Gasteiger partial charge in [0.05, 0.1) is 17.2 Å². The van der Waals surface area contributed by atoms with Crippen LogP contribution in [0.2, 0.25) is 0 Å². The summed E-state index contributed by atoms with van der Waals surface area (Å²) in [4.78, 5) is 22.0. The number of aromatic hydroxyl groups is 2. The molecule has 0 spiro atoms. The van der Waals surface area contributed by atoms with Gasteiger partial charge in [0.15, 0.2) is 0 Å². The van der Waals surface area contributed by atoms with Crippen molar-refractivity contribution >= 4 is 11.9 Å². The van der Waals surface area contributed by atoms with E-state index >= 15 is 0 Å². The van der Waals surface area contributed by atoms with Crippen molar-refractivity contribution in [2.24, 2.45) is 0 Å². The molecule has 2 aromatic rings. The standard InChI is InChI=1S/2C10H12O3/c1-7(2)13-10(12)8-3-5-9(11)6-4-8;1-6(2)9-5-7(11)3-4-8(9)10(12)13/h3-7,11H,1-2H3;3-6,11H,1-2H3,(H,12,13). The van der Waals surface area contributed by atoms with Crippen LogP contribution in [0.5, 0.6) is 11.5 Å². The Morgan fingerprint density at radius 1 is 0.885 bits per heavy atom. The van der Waals surface area contributed by atoms with E-state index in [1.165, 1.54) is 42.5 Å². The lowest BCUT2D eigenvalue weighted by Crippen LogP contribution is -2.11. The number of aromatic carboxylic acids is 1. The van der Waals surface area contributed by atoms with Gasteiger partial charge in [-0.25, -0.2) is 9.59 Å². The Labute approximate surface area is 152 Å². The van der Waals surface area contributed by atoms with Gasteiger partial charge in [-0.05, 0) is 67.8 Å². The monoisotopic (exact) mass is 360 g/mol. The normalized spacial score (nSPS) is 10.2. The molecule has 0 bridgehead atoms. The molecule has 0 heterocycles. The molecule has 0 saturated heterocycles. The summed E-state index contributed by atoms with van der Waals surface area (Å²) < 4.78 is 4.96. The molecule has 6 heteroatoms. The highest BCUT2D eigenvalue weighted by atomic mass is 16.5. The lowest BCUT2D eigenvalue weighted by atomic mass is 9.97. The van der Waals surface area contributed by atoms with E-state index in [2.05, 4.69) is 0 Å². The fourth-order valence-corrected chi connectivity index (χ4v) is 2.10. The minimum absolute atomic E-state index is 0.0956. The number of phenolic OH excluding ortho intramolecular Hbond substituents is 2. The third kappa shape index (κ3) is 6.47. The zero-order valence-electron chi connectivity index (χ0n) is 15.3. The molecular formula is C20H24O6. The molecule has 0 aliphatic carbocycles. The number of carboxylic acid groups (broad SMARTS) is 1. The van der Waals surface area contributed by atoms with Gasteiger partial charge in [0.1, 0.15) is 11.5 Å². The molecule has 0 aliphatic rings. The van der Waals surface area contributed by atoms with Gasteiger partial charge in [0.2, 0.25) is 0 Å². The quantitative estimate of drug-likeness (QED) is 0.707. The van der Waals surface area contributed by atoms with Crippen LogP contribution in [0.25, 0.3) is 0 Å². The number of esters is 1. The third-order valence-corrected chi connectivity index (χ3v) is 3.33. The summed E-state index contributed by atoms with van der Waals surface area (Å²) in [6.07, 6.45) is -0.124. The summed E-state index contributed by atoms with van der Waals surface area (Å²) in [5, 5.41) is 27.0. The first-order valence-electron chi connectivity index (χ1n) is 8.18. The van der Waals surface area contributed by atoms with Gasteiger partial charge in [-0.3, -0.25) is 0 Å². The third-order valence-electron chi connectivity index (χ3n) is 3.33. The maximum Gasteiger partial charge on any atom is 0.338 e. The number of carboxylic acids is 1. The van der Waals surface area contributed by atoms with E-state index in [1.54, 1.807) is 13.8 Å². The molecule has 26 heavy (non-hydrogen) atoms. The van der Waals surface area contributed by atoms with Crippen LogP contribution in [0.1, 0.15) is 59.9 Å². The zero-order valence-corrected chi connectivity index (χ0v) is 15.3. The van der Waals surface area contributed by atoms with Gasteiger partial charge >= 0.3 is 11.9 Å². The van der Waals surface area contributed by atoms with Crippen molar-refractivity contribution in [3.63, 3.8) is 0 Å². The fourth-order valence-electron chi connectivity index (χ4n) is 2.10. The average Bonchev–Trinajstić information content (AvgIpc) is 2.55. The Hall–Kier alpha value is -3.02. The van der Waals surface area contributed by atoms with E-state index in [-0.39, 0.29) is 35.1 Å². The number of benzene rings is 2. The molecule has 3 N–H and O–H groups in total. The molecule has 140 valence electrons. The second-order valence-electron chi connectivity index (χ2n) is 6.23. The van der Waals surface area contributed by atoms with Gasteiger partial charge < -0.3 is 20.1 Å². The molecule has 0 saturated carbocycles. The average molecular weight is 360 g/mol. The second kappa shape index (κ2) is 9.46. The predicted octanol–water partition coefficient (Wildman–Crippen LogP) is 4.17. The number of hydrogen-bond acceptors (Lipinski definition) is 5. The topological polar surface area (TPSA) is 104 Å². The highest BCUT2D eigenvalue weighted by molar-refractivity contribution is 5.90. The summed E-state index contributed by atoms with van der Waals surface area (Å²) >= 11 is 0. The fraction of sp³-hybridized carbons (Fsp3) is 0.300. The van der Waals surface area contributed by atoms with Gasteiger partial charge in [-0.15, -0.1) is 0 Å². The molecular weight excluding hydrogens is 336 g/mol. The van der Waals surface area contributed by atoms with E-state index in [0.29, 0.717) is 11.1 Å². The molecule has 0 atom stereocenters. The number of phenols is 2. The van der Waals surface area contributed by atoms with Gasteiger partial charge in [-0.1, -0.05) is 13.8 Å².